The Balaban J connectivity index is 1.69. The quantitative estimate of drug-likeness (QED) is 0.428. The van der Waals surface area contributed by atoms with Crippen LogP contribution in [0.3, 0.4) is 0 Å². The number of alkyl halides is 3. The number of benzene rings is 1. The fourth-order valence-corrected chi connectivity index (χ4v) is 4.24. The summed E-state index contributed by atoms with van der Waals surface area (Å²) in [5.41, 5.74) is -1.36. The summed E-state index contributed by atoms with van der Waals surface area (Å²) in [5.74, 6) is -3.40. The maximum absolute atomic E-state index is 15.0. The minimum Gasteiger partial charge on any atom is -0.438 e. The molecule has 1 aromatic heterocycles. The Morgan fingerprint density at radius 1 is 1.18 bits per heavy atom. The Morgan fingerprint density at radius 2 is 1.88 bits per heavy atom. The fraction of sp³-hybridized carbons (Fsp3) is 0.435. The highest BCUT2D eigenvalue weighted by Crippen LogP contribution is 2.41. The van der Waals surface area contributed by atoms with Crippen molar-refractivity contribution in [3.05, 3.63) is 47.4 Å². The van der Waals surface area contributed by atoms with E-state index in [1.807, 2.05) is 0 Å². The van der Waals surface area contributed by atoms with E-state index < -0.39 is 41.4 Å². The maximum atomic E-state index is 15.0. The maximum Gasteiger partial charge on any atom is 0.421 e. The first kappa shape index (κ1) is 23.0. The van der Waals surface area contributed by atoms with Crippen LogP contribution in [-0.2, 0) is 15.7 Å². The van der Waals surface area contributed by atoms with E-state index >= 15 is 0 Å². The third kappa shape index (κ3) is 4.51. The van der Waals surface area contributed by atoms with E-state index in [1.54, 1.807) is 0 Å². The first-order valence-electron chi connectivity index (χ1n) is 10.6. The molecular formula is C23H22F4N2O4. The van der Waals surface area contributed by atoms with Gasteiger partial charge in [-0.1, -0.05) is 6.92 Å². The van der Waals surface area contributed by atoms with Crippen molar-refractivity contribution in [1.82, 2.24) is 4.98 Å². The molecule has 33 heavy (non-hydrogen) atoms. The molecule has 0 N–H and O–H groups in total. The summed E-state index contributed by atoms with van der Waals surface area (Å²) in [5, 5.41) is 0. The van der Waals surface area contributed by atoms with Crippen molar-refractivity contribution < 1.29 is 36.6 Å². The highest BCUT2D eigenvalue weighted by molar-refractivity contribution is 6.06. The number of rotatable bonds is 3. The van der Waals surface area contributed by atoms with Crippen molar-refractivity contribution in [2.45, 2.75) is 51.9 Å². The van der Waals surface area contributed by atoms with Gasteiger partial charge in [-0.05, 0) is 50.7 Å². The standard InChI is InChI=1S/C23H22F4N2O4/c1-12-5-7-14(8-6-12)21(30)29-13(2)32-22(31)15-10-19(17(24)11-18(15)29)33-20-16(23(25,26)27)4-3-9-28-20/h3-4,9-14H,5-8H2,1-2H3. The highest BCUT2D eigenvalue weighted by atomic mass is 19.4. The van der Waals surface area contributed by atoms with Gasteiger partial charge >= 0.3 is 12.1 Å². The molecule has 1 amide bonds. The number of pyridine rings is 1. The lowest BCUT2D eigenvalue weighted by Gasteiger charge is -2.37. The number of nitrogens with zero attached hydrogens (tertiary/aromatic N) is 2. The summed E-state index contributed by atoms with van der Waals surface area (Å²) in [4.78, 5) is 30.5. The summed E-state index contributed by atoms with van der Waals surface area (Å²) in [7, 11) is 0. The molecule has 2 aliphatic rings. The first-order chi connectivity index (χ1) is 15.6. The third-order valence-corrected chi connectivity index (χ3v) is 6.06. The zero-order chi connectivity index (χ0) is 23.9. The number of esters is 1. The van der Waals surface area contributed by atoms with E-state index in [0.29, 0.717) is 18.8 Å². The number of halogens is 4. The number of aromatic nitrogens is 1. The number of carbonyl (C=O) groups excluding carboxylic acids is 2. The minimum atomic E-state index is -4.77. The molecule has 1 atom stereocenters. The normalized spacial score (nSPS) is 23.0. The summed E-state index contributed by atoms with van der Waals surface area (Å²) < 4.78 is 65.1. The Hall–Kier alpha value is -3.17. The number of amides is 1. The number of cyclic esters (lactones) is 1. The van der Waals surface area contributed by atoms with E-state index in [9.17, 15) is 27.2 Å². The van der Waals surface area contributed by atoms with Crippen LogP contribution < -0.4 is 9.64 Å². The van der Waals surface area contributed by atoms with Crippen molar-refractivity contribution in [3.8, 4) is 11.6 Å². The third-order valence-electron chi connectivity index (χ3n) is 6.06. The molecule has 2 heterocycles. The van der Waals surface area contributed by atoms with E-state index in [-0.39, 0.29) is 23.1 Å². The largest absolute Gasteiger partial charge is 0.438 e. The molecule has 6 nitrogen and oxygen atoms in total. The molecule has 1 fully saturated rings. The van der Waals surface area contributed by atoms with E-state index in [0.717, 1.165) is 43.3 Å². The molecule has 0 bridgehead atoms. The van der Waals surface area contributed by atoms with Crippen molar-refractivity contribution in [3.63, 3.8) is 0 Å². The van der Waals surface area contributed by atoms with Crippen LogP contribution in [0.5, 0.6) is 11.6 Å². The Morgan fingerprint density at radius 3 is 2.55 bits per heavy atom. The number of carbonyl (C=O) groups is 2. The topological polar surface area (TPSA) is 68.7 Å². The first-order valence-corrected chi connectivity index (χ1v) is 10.6. The van der Waals surface area contributed by atoms with Gasteiger partial charge in [0.15, 0.2) is 17.8 Å². The molecule has 0 spiro atoms. The van der Waals surface area contributed by atoms with Gasteiger partial charge < -0.3 is 9.47 Å². The highest BCUT2D eigenvalue weighted by Gasteiger charge is 2.40. The van der Waals surface area contributed by atoms with Gasteiger partial charge in [-0.3, -0.25) is 9.69 Å². The van der Waals surface area contributed by atoms with Crippen molar-refractivity contribution in [2.75, 3.05) is 4.90 Å². The Kier molecular flexibility index (Phi) is 6.02. The average molecular weight is 466 g/mol. The van der Waals surface area contributed by atoms with Gasteiger partial charge in [0.25, 0.3) is 0 Å². The lowest BCUT2D eigenvalue weighted by atomic mass is 9.82. The fourth-order valence-electron chi connectivity index (χ4n) is 4.24. The number of hydrogen-bond acceptors (Lipinski definition) is 5. The van der Waals surface area contributed by atoms with Crippen LogP contribution >= 0.6 is 0 Å². The molecule has 2 aromatic rings. The van der Waals surface area contributed by atoms with Gasteiger partial charge in [-0.15, -0.1) is 0 Å². The van der Waals surface area contributed by atoms with Crippen LogP contribution in [0.25, 0.3) is 0 Å². The van der Waals surface area contributed by atoms with Gasteiger partial charge in [0.1, 0.15) is 5.56 Å². The number of fused-ring (bicyclic) bond motifs is 1. The van der Waals surface area contributed by atoms with Crippen molar-refractivity contribution in [1.29, 1.82) is 0 Å². The zero-order valence-corrected chi connectivity index (χ0v) is 18.0. The van der Waals surface area contributed by atoms with Crippen LogP contribution in [-0.4, -0.2) is 23.1 Å². The number of ether oxygens (including phenoxy) is 2. The van der Waals surface area contributed by atoms with Crippen LogP contribution in [0.1, 0.15) is 55.5 Å². The predicted octanol–water partition coefficient (Wildman–Crippen LogP) is 5.71. The van der Waals surface area contributed by atoms with E-state index in [2.05, 4.69) is 11.9 Å². The monoisotopic (exact) mass is 466 g/mol. The SMILES string of the molecule is CC1CCC(C(=O)N2c3cc(F)c(Oc4ncccc4C(F)(F)F)cc3C(=O)OC2C)CC1. The molecule has 4 rings (SSSR count). The molecule has 1 saturated carbocycles. The molecular weight excluding hydrogens is 444 g/mol. The van der Waals surface area contributed by atoms with E-state index in [1.165, 1.54) is 11.8 Å². The molecule has 1 unspecified atom stereocenters. The van der Waals surface area contributed by atoms with Gasteiger partial charge in [0.2, 0.25) is 11.8 Å². The smallest absolute Gasteiger partial charge is 0.421 e. The lowest BCUT2D eigenvalue weighted by molar-refractivity contribution is -0.139. The Labute approximate surface area is 187 Å². The van der Waals surface area contributed by atoms with Crippen molar-refractivity contribution >= 4 is 17.6 Å². The van der Waals surface area contributed by atoms with Gasteiger partial charge in [0.05, 0.1) is 11.3 Å². The molecule has 0 saturated heterocycles. The van der Waals surface area contributed by atoms with Crippen molar-refractivity contribution in [2.24, 2.45) is 11.8 Å². The number of hydrogen-bond donors (Lipinski definition) is 0. The molecule has 1 aliphatic carbocycles. The summed E-state index contributed by atoms with van der Waals surface area (Å²) in [6.07, 6.45) is -1.52. The van der Waals surface area contributed by atoms with Gasteiger partial charge in [0, 0.05) is 24.2 Å². The van der Waals surface area contributed by atoms with Gasteiger partial charge in [-0.25, -0.2) is 14.2 Å². The van der Waals surface area contributed by atoms with Crippen LogP contribution in [0, 0.1) is 17.7 Å². The zero-order valence-electron chi connectivity index (χ0n) is 18.0. The van der Waals surface area contributed by atoms with Crippen LogP contribution in [0.15, 0.2) is 30.5 Å². The Bertz CT molecular complexity index is 1080. The second-order valence-electron chi connectivity index (χ2n) is 8.43. The summed E-state index contributed by atoms with van der Waals surface area (Å²) in [6, 6.07) is 3.69. The summed E-state index contributed by atoms with van der Waals surface area (Å²) in [6.45, 7) is 3.62. The van der Waals surface area contributed by atoms with Crippen LogP contribution in [0.2, 0.25) is 0 Å². The van der Waals surface area contributed by atoms with E-state index in [4.69, 9.17) is 9.47 Å². The second kappa shape index (κ2) is 8.64. The second-order valence-corrected chi connectivity index (χ2v) is 8.43. The van der Waals surface area contributed by atoms with Gasteiger partial charge in [-0.2, -0.15) is 13.2 Å². The molecule has 0 radical (unpaired) electrons. The summed E-state index contributed by atoms with van der Waals surface area (Å²) >= 11 is 0. The predicted molar refractivity (Wildman–Crippen MR) is 109 cm³/mol. The molecule has 1 aromatic carbocycles. The lowest BCUT2D eigenvalue weighted by Crippen LogP contribution is -2.48. The minimum absolute atomic E-state index is 0.00397. The molecule has 10 heteroatoms. The number of anilines is 1. The molecule has 1 aliphatic heterocycles. The average Bonchev–Trinajstić information content (AvgIpc) is 2.75. The molecule has 176 valence electrons. The van der Waals surface area contributed by atoms with Crippen LogP contribution in [0.4, 0.5) is 23.2 Å².